The molecule has 0 aromatic heterocycles. The topological polar surface area (TPSA) is 52.0 Å². The van der Waals surface area contributed by atoms with Crippen LogP contribution in [0.2, 0.25) is 0 Å². The molecular formula is C22H34N2. The number of hydrogen-bond donors (Lipinski definition) is 2. The molecule has 0 atom stereocenters. The first-order valence-electron chi connectivity index (χ1n) is 8.94. The van der Waals surface area contributed by atoms with Gasteiger partial charge in [-0.15, -0.1) is 0 Å². The zero-order valence-corrected chi connectivity index (χ0v) is 16.5. The van der Waals surface area contributed by atoms with Crippen LogP contribution in [0, 0.1) is 5.41 Å². The summed E-state index contributed by atoms with van der Waals surface area (Å²) in [5, 5.41) is 0. The summed E-state index contributed by atoms with van der Waals surface area (Å²) >= 11 is 0. The van der Waals surface area contributed by atoms with Gasteiger partial charge < -0.3 is 11.5 Å². The van der Waals surface area contributed by atoms with Crippen molar-refractivity contribution in [3.05, 3.63) is 52.7 Å². The summed E-state index contributed by atoms with van der Waals surface area (Å²) in [5.74, 6) is 0. The summed E-state index contributed by atoms with van der Waals surface area (Å²) in [6, 6.07) is 6.50. The lowest BCUT2D eigenvalue weighted by Crippen LogP contribution is -2.39. The summed E-state index contributed by atoms with van der Waals surface area (Å²) in [5.41, 5.74) is 18.4. The van der Waals surface area contributed by atoms with Crippen molar-refractivity contribution >= 4 is 5.69 Å². The highest BCUT2D eigenvalue weighted by atomic mass is 14.6. The van der Waals surface area contributed by atoms with Crippen molar-refractivity contribution in [1.82, 2.24) is 0 Å². The second-order valence-corrected chi connectivity index (χ2v) is 9.20. The summed E-state index contributed by atoms with van der Waals surface area (Å²) in [6.45, 7) is 15.9. The van der Waals surface area contributed by atoms with Gasteiger partial charge in [0.25, 0.3) is 0 Å². The van der Waals surface area contributed by atoms with Crippen molar-refractivity contribution in [2.24, 2.45) is 11.1 Å². The number of benzene rings is 1. The molecule has 2 nitrogen and oxygen atoms in total. The molecule has 1 aromatic rings. The van der Waals surface area contributed by atoms with Crippen LogP contribution in [-0.4, -0.2) is 0 Å². The lowest BCUT2D eigenvalue weighted by atomic mass is 9.58. The van der Waals surface area contributed by atoms with Crippen molar-refractivity contribution in [3.8, 4) is 0 Å². The molecule has 2 rings (SSSR count). The van der Waals surface area contributed by atoms with Crippen LogP contribution in [-0.2, 0) is 10.8 Å². The Morgan fingerprint density at radius 3 is 1.83 bits per heavy atom. The smallest absolute Gasteiger partial charge is 0.0390 e. The second-order valence-electron chi connectivity index (χ2n) is 9.20. The summed E-state index contributed by atoms with van der Waals surface area (Å²) in [7, 11) is 0. The van der Waals surface area contributed by atoms with Gasteiger partial charge in [-0.3, -0.25) is 0 Å². The van der Waals surface area contributed by atoms with Crippen LogP contribution < -0.4 is 11.5 Å². The molecule has 1 aliphatic carbocycles. The minimum atomic E-state index is -0.0792. The number of anilines is 1. The highest BCUT2D eigenvalue weighted by Gasteiger charge is 2.42. The van der Waals surface area contributed by atoms with Crippen molar-refractivity contribution in [3.63, 3.8) is 0 Å². The van der Waals surface area contributed by atoms with Crippen LogP contribution in [0.1, 0.15) is 72.4 Å². The first-order valence-corrected chi connectivity index (χ1v) is 8.94. The normalized spacial score (nSPS) is 16.6. The SMILES string of the molecule is CC(C)(C)c1cccc(C(C)(C)C(C)(C)C2=CC=C(N)CC2)c1N. The fraction of sp³-hybridized carbons (Fsp3) is 0.545. The Morgan fingerprint density at radius 2 is 1.33 bits per heavy atom. The Labute approximate surface area is 148 Å². The van der Waals surface area contributed by atoms with E-state index in [9.17, 15) is 0 Å². The second kappa shape index (κ2) is 5.98. The number of hydrogen-bond acceptors (Lipinski definition) is 2. The van der Waals surface area contributed by atoms with E-state index >= 15 is 0 Å². The molecule has 132 valence electrons. The highest BCUT2D eigenvalue weighted by molar-refractivity contribution is 5.60. The first-order chi connectivity index (χ1) is 10.9. The van der Waals surface area contributed by atoms with Gasteiger partial charge in [-0.05, 0) is 40.9 Å². The summed E-state index contributed by atoms with van der Waals surface area (Å²) in [6.07, 6.45) is 6.25. The molecule has 0 radical (unpaired) electrons. The molecule has 0 saturated carbocycles. The van der Waals surface area contributed by atoms with E-state index in [4.69, 9.17) is 11.5 Å². The molecule has 4 N–H and O–H groups in total. The molecule has 24 heavy (non-hydrogen) atoms. The van der Waals surface area contributed by atoms with Gasteiger partial charge in [0.1, 0.15) is 0 Å². The third-order valence-electron chi connectivity index (χ3n) is 6.13. The lowest BCUT2D eigenvalue weighted by Gasteiger charge is -2.46. The number of rotatable bonds is 3. The fourth-order valence-electron chi connectivity index (χ4n) is 3.68. The van der Waals surface area contributed by atoms with Gasteiger partial charge in [-0.2, -0.15) is 0 Å². The molecule has 0 bridgehead atoms. The maximum absolute atomic E-state index is 6.65. The average molecular weight is 327 g/mol. The first kappa shape index (κ1) is 18.6. The molecule has 0 amide bonds. The minimum absolute atomic E-state index is 0.00513. The molecule has 0 spiro atoms. The summed E-state index contributed by atoms with van der Waals surface area (Å²) in [4.78, 5) is 0. The largest absolute Gasteiger partial charge is 0.402 e. The molecule has 0 heterocycles. The monoisotopic (exact) mass is 326 g/mol. The van der Waals surface area contributed by atoms with E-state index in [2.05, 4.69) is 78.8 Å². The number of nitrogens with two attached hydrogens (primary N) is 2. The van der Waals surface area contributed by atoms with Gasteiger partial charge in [-0.25, -0.2) is 0 Å². The molecule has 0 fully saturated rings. The zero-order valence-electron chi connectivity index (χ0n) is 16.5. The lowest BCUT2D eigenvalue weighted by molar-refractivity contribution is 0.241. The van der Waals surface area contributed by atoms with Crippen LogP contribution in [0.15, 0.2) is 41.6 Å². The van der Waals surface area contributed by atoms with E-state index in [-0.39, 0.29) is 16.2 Å². The van der Waals surface area contributed by atoms with Crippen LogP contribution >= 0.6 is 0 Å². The van der Waals surface area contributed by atoms with E-state index in [1.54, 1.807) is 0 Å². The third kappa shape index (κ3) is 3.11. The van der Waals surface area contributed by atoms with Gasteiger partial charge in [0.15, 0.2) is 0 Å². The molecule has 2 heteroatoms. The molecule has 0 aliphatic heterocycles. The zero-order chi connectivity index (χ0) is 18.3. The molecule has 0 unspecified atom stereocenters. The van der Waals surface area contributed by atoms with Gasteiger partial charge in [-0.1, -0.05) is 78.3 Å². The van der Waals surface area contributed by atoms with E-state index in [1.165, 1.54) is 16.7 Å². The van der Waals surface area contributed by atoms with Crippen LogP contribution in [0.3, 0.4) is 0 Å². The van der Waals surface area contributed by atoms with E-state index in [1.807, 2.05) is 0 Å². The van der Waals surface area contributed by atoms with Crippen LogP contribution in [0.4, 0.5) is 5.69 Å². The third-order valence-corrected chi connectivity index (χ3v) is 6.13. The highest BCUT2D eigenvalue weighted by Crippen LogP contribution is 2.51. The Hall–Kier alpha value is -1.70. The van der Waals surface area contributed by atoms with Crippen LogP contribution in [0.25, 0.3) is 0 Å². The number of para-hydroxylation sites is 1. The Balaban J connectivity index is 2.55. The van der Waals surface area contributed by atoms with Gasteiger partial charge >= 0.3 is 0 Å². The van der Waals surface area contributed by atoms with Gasteiger partial charge in [0, 0.05) is 16.8 Å². The predicted molar refractivity (Wildman–Crippen MR) is 106 cm³/mol. The molecule has 0 saturated heterocycles. The Bertz CT molecular complexity index is 682. The Morgan fingerprint density at radius 1 is 0.750 bits per heavy atom. The quantitative estimate of drug-likeness (QED) is 0.727. The maximum atomic E-state index is 6.65. The van der Waals surface area contributed by atoms with Gasteiger partial charge in [0.2, 0.25) is 0 Å². The summed E-state index contributed by atoms with van der Waals surface area (Å²) < 4.78 is 0. The maximum Gasteiger partial charge on any atom is 0.0390 e. The molecule has 1 aromatic carbocycles. The van der Waals surface area contributed by atoms with E-state index in [0.717, 1.165) is 24.2 Å². The fourth-order valence-corrected chi connectivity index (χ4v) is 3.68. The molecule has 1 aliphatic rings. The minimum Gasteiger partial charge on any atom is -0.402 e. The van der Waals surface area contributed by atoms with Gasteiger partial charge in [0.05, 0.1) is 0 Å². The Kier molecular flexibility index (Phi) is 4.65. The molecular weight excluding hydrogens is 292 g/mol. The van der Waals surface area contributed by atoms with Crippen molar-refractivity contribution in [2.75, 3.05) is 5.73 Å². The van der Waals surface area contributed by atoms with E-state index in [0.29, 0.717) is 0 Å². The van der Waals surface area contributed by atoms with Crippen molar-refractivity contribution < 1.29 is 0 Å². The predicted octanol–water partition coefficient (Wildman–Crippen LogP) is 5.43. The standard InChI is InChI=1S/C22H34N2/c1-20(2,3)17-9-8-10-18(19(17)24)22(6,7)21(4,5)15-11-13-16(23)14-12-15/h8-11,13H,12,14,23-24H2,1-7H3. The van der Waals surface area contributed by atoms with E-state index < -0.39 is 0 Å². The average Bonchev–Trinajstić information content (AvgIpc) is 2.46. The number of nitrogen functional groups attached to an aromatic ring is 1. The number of allylic oxidation sites excluding steroid dienone is 4. The van der Waals surface area contributed by atoms with Crippen LogP contribution in [0.5, 0.6) is 0 Å². The van der Waals surface area contributed by atoms with Crippen molar-refractivity contribution in [2.45, 2.75) is 72.1 Å². The van der Waals surface area contributed by atoms with Crippen molar-refractivity contribution in [1.29, 1.82) is 0 Å².